The molecule has 3 rings (SSSR count). The number of ether oxygens (including phenoxy) is 3. The summed E-state index contributed by atoms with van der Waals surface area (Å²) < 4.78 is 16.2. The van der Waals surface area contributed by atoms with Gasteiger partial charge in [0.2, 0.25) is 5.91 Å². The fourth-order valence-corrected chi connectivity index (χ4v) is 3.85. The van der Waals surface area contributed by atoms with Crippen molar-refractivity contribution in [3.8, 4) is 16.9 Å². The Hall–Kier alpha value is -3.55. The van der Waals surface area contributed by atoms with Crippen LogP contribution in [-0.2, 0) is 19.1 Å². The molecule has 1 fully saturated rings. The van der Waals surface area contributed by atoms with Crippen LogP contribution in [0.1, 0.15) is 30.1 Å². The number of aromatic carboxylic acids is 1. The summed E-state index contributed by atoms with van der Waals surface area (Å²) in [5.74, 6) is -1.13. The molecule has 0 aromatic heterocycles. The summed E-state index contributed by atoms with van der Waals surface area (Å²) in [4.78, 5) is 35.1. The largest absolute Gasteiger partial charge is 0.484 e. The second kappa shape index (κ2) is 14.6. The van der Waals surface area contributed by atoms with Gasteiger partial charge in [-0.05, 0) is 48.7 Å². The van der Waals surface area contributed by atoms with Crippen molar-refractivity contribution in [1.29, 1.82) is 0 Å². The number of amides is 2. The van der Waals surface area contributed by atoms with E-state index in [-0.39, 0.29) is 50.1 Å². The van der Waals surface area contributed by atoms with E-state index in [1.54, 1.807) is 49.4 Å². The third kappa shape index (κ3) is 9.01. The number of benzene rings is 2. The van der Waals surface area contributed by atoms with E-state index >= 15 is 0 Å². The van der Waals surface area contributed by atoms with E-state index in [4.69, 9.17) is 19.3 Å². The van der Waals surface area contributed by atoms with Crippen LogP contribution >= 0.6 is 0 Å². The van der Waals surface area contributed by atoms with Crippen LogP contribution in [-0.4, -0.2) is 95.2 Å². The van der Waals surface area contributed by atoms with Crippen molar-refractivity contribution in [2.75, 3.05) is 26.3 Å². The first-order valence-corrected chi connectivity index (χ1v) is 12.6. The van der Waals surface area contributed by atoms with E-state index in [9.17, 15) is 29.7 Å². The molecular formula is C27H34N2O10. The Morgan fingerprint density at radius 3 is 2.28 bits per heavy atom. The number of carbonyl (C=O) groups excluding carboxylic acids is 2. The average Bonchev–Trinajstić information content (AvgIpc) is 2.94. The summed E-state index contributed by atoms with van der Waals surface area (Å²) in [5.41, 5.74) is 1.75. The number of carboxylic acids is 1. The van der Waals surface area contributed by atoms with Crippen LogP contribution in [0.2, 0.25) is 0 Å². The van der Waals surface area contributed by atoms with Crippen LogP contribution in [0.25, 0.3) is 11.1 Å². The van der Waals surface area contributed by atoms with E-state index in [0.717, 1.165) is 11.1 Å². The van der Waals surface area contributed by atoms with Crippen molar-refractivity contribution in [3.05, 3.63) is 54.1 Å². The molecule has 0 radical (unpaired) electrons. The van der Waals surface area contributed by atoms with Gasteiger partial charge in [0.1, 0.15) is 24.1 Å². The number of hydrogen-bond donors (Lipinski definition) is 6. The molecule has 0 unspecified atom stereocenters. The summed E-state index contributed by atoms with van der Waals surface area (Å²) in [7, 11) is 0. The van der Waals surface area contributed by atoms with Gasteiger partial charge < -0.3 is 45.3 Å². The standard InChI is InChI=1S/C27H34N2O10/c1-16-23(32)24(33)25(34)27(39-16)37-13-3-6-21(30)28-11-12-29-22(31)15-38-20-9-7-17(8-10-20)18-4-2-5-19(14-18)26(35)36/h2,4-5,7-10,14,16,23-25,27,32-34H,3,6,11-13,15H2,1H3,(H,28,30)(H,29,31)(H,35,36)/t16-,23-,24+,25+,27+/m0/s1. The maximum atomic E-state index is 12.0. The Kier molecular flexibility index (Phi) is 11.2. The Bertz CT molecular complexity index is 1110. The van der Waals surface area contributed by atoms with Gasteiger partial charge in [-0.3, -0.25) is 9.59 Å². The molecule has 0 spiro atoms. The molecule has 0 saturated carbocycles. The molecule has 212 valence electrons. The van der Waals surface area contributed by atoms with E-state index in [1.165, 1.54) is 6.07 Å². The lowest BCUT2D eigenvalue weighted by molar-refractivity contribution is -0.293. The molecule has 1 saturated heterocycles. The number of hydrogen-bond acceptors (Lipinski definition) is 9. The lowest BCUT2D eigenvalue weighted by Gasteiger charge is -2.38. The van der Waals surface area contributed by atoms with Crippen molar-refractivity contribution in [2.45, 2.75) is 50.5 Å². The first-order chi connectivity index (χ1) is 18.7. The Balaban J connectivity index is 1.26. The fraction of sp³-hybridized carbons (Fsp3) is 0.444. The Morgan fingerprint density at radius 1 is 0.897 bits per heavy atom. The molecule has 1 aliphatic heterocycles. The third-order valence-corrected chi connectivity index (χ3v) is 6.08. The molecule has 2 aromatic carbocycles. The number of nitrogens with one attached hydrogen (secondary N) is 2. The minimum Gasteiger partial charge on any atom is -0.484 e. The highest BCUT2D eigenvalue weighted by molar-refractivity contribution is 5.89. The summed E-state index contributed by atoms with van der Waals surface area (Å²) in [6, 6.07) is 13.5. The van der Waals surface area contributed by atoms with E-state index in [1.807, 2.05) is 0 Å². The van der Waals surface area contributed by atoms with Gasteiger partial charge in [0.15, 0.2) is 12.9 Å². The lowest BCUT2D eigenvalue weighted by Crippen LogP contribution is -2.57. The van der Waals surface area contributed by atoms with Crippen LogP contribution in [0.15, 0.2) is 48.5 Å². The summed E-state index contributed by atoms with van der Waals surface area (Å²) in [6.07, 6.45) is -5.27. The SMILES string of the molecule is C[C@@H]1O[C@@H](OCCCC(=O)NCCNC(=O)COc2ccc(-c3cccc(C(=O)O)c3)cc2)[C@H](O)[C@H](O)[C@H]1O. The normalized spacial score (nSPS) is 22.6. The van der Waals surface area contributed by atoms with Gasteiger partial charge in [-0.2, -0.15) is 0 Å². The Morgan fingerprint density at radius 2 is 1.59 bits per heavy atom. The van der Waals surface area contributed by atoms with Gasteiger partial charge in [0.05, 0.1) is 18.3 Å². The zero-order valence-corrected chi connectivity index (χ0v) is 21.5. The molecule has 12 nitrogen and oxygen atoms in total. The second-order valence-corrected chi connectivity index (χ2v) is 9.05. The van der Waals surface area contributed by atoms with Gasteiger partial charge in [-0.15, -0.1) is 0 Å². The summed E-state index contributed by atoms with van der Waals surface area (Å²) in [5, 5.41) is 43.8. The third-order valence-electron chi connectivity index (χ3n) is 6.08. The highest BCUT2D eigenvalue weighted by Crippen LogP contribution is 2.24. The predicted molar refractivity (Wildman–Crippen MR) is 138 cm³/mol. The summed E-state index contributed by atoms with van der Waals surface area (Å²) in [6.45, 7) is 1.89. The van der Waals surface area contributed by atoms with Crippen molar-refractivity contribution < 1.29 is 49.0 Å². The van der Waals surface area contributed by atoms with E-state index in [2.05, 4.69) is 10.6 Å². The molecule has 0 aliphatic carbocycles. The van der Waals surface area contributed by atoms with Gasteiger partial charge in [-0.1, -0.05) is 24.3 Å². The Labute approximate surface area is 225 Å². The minimum atomic E-state index is -1.39. The number of rotatable bonds is 13. The first kappa shape index (κ1) is 30.0. The van der Waals surface area contributed by atoms with Crippen molar-refractivity contribution in [1.82, 2.24) is 10.6 Å². The van der Waals surface area contributed by atoms with Crippen LogP contribution in [0.3, 0.4) is 0 Å². The topological polar surface area (TPSA) is 184 Å². The predicted octanol–water partition coefficient (Wildman–Crippen LogP) is 0.287. The quantitative estimate of drug-likeness (QED) is 0.191. The highest BCUT2D eigenvalue weighted by Gasteiger charge is 2.42. The monoisotopic (exact) mass is 546 g/mol. The fourth-order valence-electron chi connectivity index (χ4n) is 3.85. The van der Waals surface area contributed by atoms with Crippen molar-refractivity contribution >= 4 is 17.8 Å². The van der Waals surface area contributed by atoms with Crippen molar-refractivity contribution in [2.24, 2.45) is 0 Å². The lowest BCUT2D eigenvalue weighted by atomic mass is 10.0. The first-order valence-electron chi connectivity index (χ1n) is 12.6. The van der Waals surface area contributed by atoms with Crippen LogP contribution in [0.5, 0.6) is 5.75 Å². The molecule has 0 bridgehead atoms. The maximum absolute atomic E-state index is 12.0. The zero-order chi connectivity index (χ0) is 28.4. The van der Waals surface area contributed by atoms with E-state index in [0.29, 0.717) is 12.2 Å². The average molecular weight is 547 g/mol. The highest BCUT2D eigenvalue weighted by atomic mass is 16.7. The molecule has 12 heteroatoms. The number of aliphatic hydroxyl groups is 3. The zero-order valence-electron chi connectivity index (χ0n) is 21.5. The molecule has 1 heterocycles. The van der Waals surface area contributed by atoms with Crippen LogP contribution in [0.4, 0.5) is 0 Å². The smallest absolute Gasteiger partial charge is 0.335 e. The number of aliphatic hydroxyl groups excluding tert-OH is 3. The van der Waals surface area contributed by atoms with Gasteiger partial charge in [0.25, 0.3) is 5.91 Å². The van der Waals surface area contributed by atoms with E-state index < -0.39 is 36.7 Å². The van der Waals surface area contributed by atoms with Gasteiger partial charge in [0, 0.05) is 19.5 Å². The maximum Gasteiger partial charge on any atom is 0.335 e. The summed E-state index contributed by atoms with van der Waals surface area (Å²) >= 11 is 0. The number of carboxylic acid groups (broad SMARTS) is 1. The molecule has 2 aromatic rings. The molecule has 2 amide bonds. The molecule has 1 aliphatic rings. The van der Waals surface area contributed by atoms with Gasteiger partial charge in [-0.25, -0.2) is 4.79 Å². The second-order valence-electron chi connectivity index (χ2n) is 9.05. The molecule has 5 atom stereocenters. The van der Waals surface area contributed by atoms with Gasteiger partial charge >= 0.3 is 5.97 Å². The number of carbonyl (C=O) groups is 3. The van der Waals surface area contributed by atoms with Crippen molar-refractivity contribution in [3.63, 3.8) is 0 Å². The van der Waals surface area contributed by atoms with Crippen LogP contribution in [0, 0.1) is 0 Å². The molecule has 39 heavy (non-hydrogen) atoms. The molecular weight excluding hydrogens is 512 g/mol. The molecule has 6 N–H and O–H groups in total. The van der Waals surface area contributed by atoms with Crippen LogP contribution < -0.4 is 15.4 Å². The minimum absolute atomic E-state index is 0.106.